The van der Waals surface area contributed by atoms with Crippen molar-refractivity contribution in [2.45, 2.75) is 26.3 Å². The zero-order chi connectivity index (χ0) is 13.5. The standard InChI is InChI=1S/C14H21NO2S/c1-4-11-5-6-13(17-3)12(9-11)10-15(2)14(16)7-8-18/h5-6,9,18H,4,7-8,10H2,1-3H3. The van der Waals surface area contributed by atoms with Gasteiger partial charge in [0.05, 0.1) is 7.11 Å². The van der Waals surface area contributed by atoms with E-state index >= 15 is 0 Å². The molecule has 100 valence electrons. The predicted molar refractivity (Wildman–Crippen MR) is 77.3 cm³/mol. The van der Waals surface area contributed by atoms with E-state index in [0.717, 1.165) is 17.7 Å². The normalized spacial score (nSPS) is 10.2. The third-order valence-corrected chi connectivity index (χ3v) is 3.14. The SMILES string of the molecule is CCc1ccc(OC)c(CN(C)C(=O)CCS)c1. The summed E-state index contributed by atoms with van der Waals surface area (Å²) in [6.45, 7) is 2.69. The molecule has 18 heavy (non-hydrogen) atoms. The van der Waals surface area contributed by atoms with Gasteiger partial charge in [-0.3, -0.25) is 4.79 Å². The first-order valence-electron chi connectivity index (χ1n) is 6.13. The van der Waals surface area contributed by atoms with Gasteiger partial charge in [0, 0.05) is 25.6 Å². The highest BCUT2D eigenvalue weighted by Gasteiger charge is 2.11. The minimum absolute atomic E-state index is 0.106. The number of carbonyl (C=O) groups is 1. The lowest BCUT2D eigenvalue weighted by Gasteiger charge is -2.19. The fraction of sp³-hybridized carbons (Fsp3) is 0.500. The highest BCUT2D eigenvalue weighted by molar-refractivity contribution is 7.80. The van der Waals surface area contributed by atoms with E-state index in [0.29, 0.717) is 18.7 Å². The molecule has 0 heterocycles. The van der Waals surface area contributed by atoms with Crippen molar-refractivity contribution in [1.29, 1.82) is 0 Å². The Labute approximate surface area is 115 Å². The number of aryl methyl sites for hydroxylation is 1. The third kappa shape index (κ3) is 3.95. The monoisotopic (exact) mass is 267 g/mol. The second kappa shape index (κ2) is 7.31. The van der Waals surface area contributed by atoms with Crippen LogP contribution in [0, 0.1) is 0 Å². The molecule has 1 aromatic carbocycles. The summed E-state index contributed by atoms with van der Waals surface area (Å²) in [4.78, 5) is 13.5. The smallest absolute Gasteiger partial charge is 0.223 e. The van der Waals surface area contributed by atoms with Gasteiger partial charge in [0.15, 0.2) is 0 Å². The second-order valence-corrected chi connectivity index (χ2v) is 4.67. The number of hydrogen-bond acceptors (Lipinski definition) is 3. The first kappa shape index (κ1) is 14.9. The second-order valence-electron chi connectivity index (χ2n) is 4.22. The summed E-state index contributed by atoms with van der Waals surface area (Å²) in [5, 5.41) is 0. The van der Waals surface area contributed by atoms with Crippen LogP contribution in [0.5, 0.6) is 5.75 Å². The largest absolute Gasteiger partial charge is 0.496 e. The molecule has 0 saturated heterocycles. The number of thiol groups is 1. The summed E-state index contributed by atoms with van der Waals surface area (Å²) in [6, 6.07) is 6.12. The van der Waals surface area contributed by atoms with Crippen molar-refractivity contribution in [3.63, 3.8) is 0 Å². The number of rotatable bonds is 6. The van der Waals surface area contributed by atoms with E-state index in [4.69, 9.17) is 4.74 Å². The summed E-state index contributed by atoms with van der Waals surface area (Å²) in [7, 11) is 3.46. The van der Waals surface area contributed by atoms with Gasteiger partial charge < -0.3 is 9.64 Å². The maximum absolute atomic E-state index is 11.7. The first-order chi connectivity index (χ1) is 8.62. The summed E-state index contributed by atoms with van der Waals surface area (Å²) >= 11 is 4.08. The van der Waals surface area contributed by atoms with E-state index in [2.05, 4.69) is 31.7 Å². The van der Waals surface area contributed by atoms with Crippen molar-refractivity contribution >= 4 is 18.5 Å². The summed E-state index contributed by atoms with van der Waals surface area (Å²) in [5.74, 6) is 1.52. The maximum atomic E-state index is 11.7. The Morgan fingerprint density at radius 1 is 1.44 bits per heavy atom. The first-order valence-corrected chi connectivity index (χ1v) is 6.76. The van der Waals surface area contributed by atoms with Gasteiger partial charge in [-0.1, -0.05) is 19.1 Å². The molecule has 0 atom stereocenters. The zero-order valence-corrected chi connectivity index (χ0v) is 12.2. The van der Waals surface area contributed by atoms with Crippen molar-refractivity contribution in [3.05, 3.63) is 29.3 Å². The lowest BCUT2D eigenvalue weighted by atomic mass is 10.1. The van der Waals surface area contributed by atoms with Gasteiger partial charge in [0.25, 0.3) is 0 Å². The van der Waals surface area contributed by atoms with Crippen LogP contribution >= 0.6 is 12.6 Å². The van der Waals surface area contributed by atoms with Crippen LogP contribution in [-0.4, -0.2) is 30.7 Å². The molecule has 3 nitrogen and oxygen atoms in total. The van der Waals surface area contributed by atoms with Crippen molar-refractivity contribution in [2.75, 3.05) is 19.9 Å². The quantitative estimate of drug-likeness (QED) is 0.803. The number of hydrogen-bond donors (Lipinski definition) is 1. The molecule has 0 aliphatic heterocycles. The van der Waals surface area contributed by atoms with Crippen LogP contribution in [0.4, 0.5) is 0 Å². The van der Waals surface area contributed by atoms with Gasteiger partial charge in [0.1, 0.15) is 5.75 Å². The van der Waals surface area contributed by atoms with Crippen molar-refractivity contribution in [1.82, 2.24) is 4.90 Å². The van der Waals surface area contributed by atoms with Crippen LogP contribution in [0.25, 0.3) is 0 Å². The van der Waals surface area contributed by atoms with Crippen LogP contribution in [0.2, 0.25) is 0 Å². The molecule has 1 rings (SSSR count). The Morgan fingerprint density at radius 2 is 2.17 bits per heavy atom. The van der Waals surface area contributed by atoms with Crippen LogP contribution in [0.1, 0.15) is 24.5 Å². The molecule has 0 bridgehead atoms. The van der Waals surface area contributed by atoms with Gasteiger partial charge in [0.2, 0.25) is 5.91 Å². The molecule has 4 heteroatoms. The average Bonchev–Trinajstić information content (AvgIpc) is 2.38. The Hall–Kier alpha value is -1.16. The lowest BCUT2D eigenvalue weighted by molar-refractivity contribution is -0.129. The molecule has 1 aromatic rings. The Balaban J connectivity index is 2.84. The molecular formula is C14H21NO2S. The fourth-order valence-corrected chi connectivity index (χ4v) is 2.00. The number of ether oxygens (including phenoxy) is 1. The number of methoxy groups -OCH3 is 1. The van der Waals surface area contributed by atoms with E-state index in [1.54, 1.807) is 12.0 Å². The molecule has 0 unspecified atom stereocenters. The Kier molecular flexibility index (Phi) is 6.05. The van der Waals surface area contributed by atoms with E-state index in [9.17, 15) is 4.79 Å². The molecule has 0 aliphatic rings. The minimum Gasteiger partial charge on any atom is -0.496 e. The van der Waals surface area contributed by atoms with Crippen molar-refractivity contribution in [2.24, 2.45) is 0 Å². The van der Waals surface area contributed by atoms with Crippen LogP contribution in [0.3, 0.4) is 0 Å². The van der Waals surface area contributed by atoms with Crippen molar-refractivity contribution in [3.8, 4) is 5.75 Å². The third-order valence-electron chi connectivity index (χ3n) is 2.91. The molecule has 0 radical (unpaired) electrons. The number of amides is 1. The van der Waals surface area contributed by atoms with E-state index in [1.807, 2.05) is 13.1 Å². The predicted octanol–water partition coefficient (Wildman–Crippen LogP) is 2.54. The van der Waals surface area contributed by atoms with Crippen LogP contribution in [0.15, 0.2) is 18.2 Å². The van der Waals surface area contributed by atoms with E-state index < -0.39 is 0 Å². The van der Waals surface area contributed by atoms with Gasteiger partial charge in [-0.05, 0) is 23.8 Å². The van der Waals surface area contributed by atoms with Gasteiger partial charge in [-0.25, -0.2) is 0 Å². The molecule has 0 saturated carbocycles. The Bertz CT molecular complexity index is 407. The highest BCUT2D eigenvalue weighted by Crippen LogP contribution is 2.21. The highest BCUT2D eigenvalue weighted by atomic mass is 32.1. The molecule has 0 fully saturated rings. The maximum Gasteiger partial charge on any atom is 0.223 e. The minimum atomic E-state index is 0.106. The fourth-order valence-electron chi connectivity index (χ4n) is 1.81. The number of carbonyl (C=O) groups excluding carboxylic acids is 1. The molecule has 0 N–H and O–H groups in total. The van der Waals surface area contributed by atoms with Gasteiger partial charge in [-0.2, -0.15) is 12.6 Å². The summed E-state index contributed by atoms with van der Waals surface area (Å²) in [5.41, 5.74) is 2.30. The summed E-state index contributed by atoms with van der Waals surface area (Å²) in [6.07, 6.45) is 1.45. The van der Waals surface area contributed by atoms with E-state index in [1.165, 1.54) is 5.56 Å². The molecule has 0 aromatic heterocycles. The zero-order valence-electron chi connectivity index (χ0n) is 11.3. The number of nitrogens with zero attached hydrogens (tertiary/aromatic N) is 1. The summed E-state index contributed by atoms with van der Waals surface area (Å²) < 4.78 is 5.33. The Morgan fingerprint density at radius 3 is 2.72 bits per heavy atom. The molecule has 1 amide bonds. The van der Waals surface area contributed by atoms with Crippen LogP contribution < -0.4 is 4.74 Å². The topological polar surface area (TPSA) is 29.5 Å². The molecule has 0 aliphatic carbocycles. The number of benzene rings is 1. The molecular weight excluding hydrogens is 246 g/mol. The van der Waals surface area contributed by atoms with Gasteiger partial charge in [-0.15, -0.1) is 0 Å². The van der Waals surface area contributed by atoms with E-state index in [-0.39, 0.29) is 5.91 Å². The molecule has 0 spiro atoms. The van der Waals surface area contributed by atoms with Gasteiger partial charge >= 0.3 is 0 Å². The van der Waals surface area contributed by atoms with Crippen molar-refractivity contribution < 1.29 is 9.53 Å². The lowest BCUT2D eigenvalue weighted by Crippen LogP contribution is -2.26. The van der Waals surface area contributed by atoms with Crippen LogP contribution in [-0.2, 0) is 17.8 Å². The average molecular weight is 267 g/mol.